The van der Waals surface area contributed by atoms with Crippen LogP contribution in [0.1, 0.15) is 22.0 Å². The molecule has 2 aromatic rings. The van der Waals surface area contributed by atoms with Crippen LogP contribution in [-0.2, 0) is 4.79 Å². The molecule has 0 radical (unpaired) electrons. The van der Waals surface area contributed by atoms with Crippen LogP contribution in [0.3, 0.4) is 0 Å². The molecule has 0 aliphatic heterocycles. The maximum atomic E-state index is 12.1. The fourth-order valence-electron chi connectivity index (χ4n) is 2.08. The van der Waals surface area contributed by atoms with Gasteiger partial charge in [0.25, 0.3) is 5.91 Å². The van der Waals surface area contributed by atoms with E-state index in [1.165, 1.54) is 0 Å². The maximum Gasteiger partial charge on any atom is 0.251 e. The summed E-state index contributed by atoms with van der Waals surface area (Å²) in [5.74, 6) is -0.439. The number of rotatable bonds is 6. The molecule has 2 aromatic carbocycles. The topological polar surface area (TPSA) is 84.2 Å². The lowest BCUT2D eigenvalue weighted by molar-refractivity contribution is -0.120. The number of nitrogens with one attached hydrogen (secondary N) is 2. The zero-order chi connectivity index (χ0) is 15.8. The van der Waals surface area contributed by atoms with Gasteiger partial charge in [0.15, 0.2) is 0 Å². The van der Waals surface area contributed by atoms with Crippen LogP contribution in [0.4, 0.5) is 0 Å². The molecule has 4 N–H and O–H groups in total. The number of amides is 2. The third-order valence-electron chi connectivity index (χ3n) is 3.23. The van der Waals surface area contributed by atoms with Crippen molar-refractivity contribution in [3.63, 3.8) is 0 Å². The van der Waals surface area contributed by atoms with Gasteiger partial charge in [-0.05, 0) is 17.7 Å². The van der Waals surface area contributed by atoms with E-state index in [0.717, 1.165) is 5.56 Å². The van der Waals surface area contributed by atoms with Gasteiger partial charge >= 0.3 is 0 Å². The molecule has 0 fully saturated rings. The minimum Gasteiger partial charge on any atom is -0.350 e. The Balaban J connectivity index is 0.00000264. The predicted octanol–water partition coefficient (Wildman–Crippen LogP) is 1.65. The lowest BCUT2D eigenvalue weighted by atomic mass is 10.1. The Hall–Kier alpha value is -2.37. The van der Waals surface area contributed by atoms with Crippen molar-refractivity contribution in [3.05, 3.63) is 71.8 Å². The van der Waals surface area contributed by atoms with Gasteiger partial charge in [-0.25, -0.2) is 0 Å². The van der Waals surface area contributed by atoms with E-state index in [9.17, 15) is 9.59 Å². The number of carbonyl (C=O) groups is 2. The monoisotopic (exact) mass is 333 g/mol. The Kier molecular flexibility index (Phi) is 7.80. The summed E-state index contributed by atoms with van der Waals surface area (Å²) in [6.07, 6.45) is 0. The van der Waals surface area contributed by atoms with Crippen LogP contribution in [-0.4, -0.2) is 24.9 Å². The standard InChI is InChI=1S/C17H19N3O2.ClH/c18-11-16(21)20-15(13-7-3-1-4-8-13)12-19-17(22)14-9-5-2-6-10-14;/h1-10,15H,11-12,18H2,(H,19,22)(H,20,21);1H. The molecule has 0 aliphatic carbocycles. The van der Waals surface area contributed by atoms with Gasteiger partial charge in [-0.1, -0.05) is 48.5 Å². The van der Waals surface area contributed by atoms with Gasteiger partial charge < -0.3 is 16.4 Å². The predicted molar refractivity (Wildman–Crippen MR) is 92.4 cm³/mol. The van der Waals surface area contributed by atoms with E-state index in [1.807, 2.05) is 36.4 Å². The minimum atomic E-state index is -0.315. The molecule has 0 aromatic heterocycles. The van der Waals surface area contributed by atoms with Gasteiger partial charge in [0.05, 0.1) is 12.6 Å². The van der Waals surface area contributed by atoms with Crippen LogP contribution in [0, 0.1) is 0 Å². The summed E-state index contributed by atoms with van der Waals surface area (Å²) in [7, 11) is 0. The first-order chi connectivity index (χ1) is 10.7. The first kappa shape index (κ1) is 18.7. The fraction of sp³-hybridized carbons (Fsp3) is 0.176. The average molecular weight is 334 g/mol. The zero-order valence-electron chi connectivity index (χ0n) is 12.6. The van der Waals surface area contributed by atoms with Crippen molar-refractivity contribution in [1.29, 1.82) is 0 Å². The first-order valence-electron chi connectivity index (χ1n) is 7.08. The second-order valence-electron chi connectivity index (χ2n) is 4.81. The molecule has 1 atom stereocenters. The molecule has 0 aliphatic rings. The zero-order valence-corrected chi connectivity index (χ0v) is 13.4. The van der Waals surface area contributed by atoms with Gasteiger partial charge in [-0.15, -0.1) is 12.4 Å². The van der Waals surface area contributed by atoms with E-state index in [2.05, 4.69) is 10.6 Å². The highest BCUT2D eigenvalue weighted by Crippen LogP contribution is 2.11. The minimum absolute atomic E-state index is 0. The number of halogens is 1. The van der Waals surface area contributed by atoms with E-state index in [4.69, 9.17) is 5.73 Å². The number of nitrogens with two attached hydrogens (primary N) is 1. The smallest absolute Gasteiger partial charge is 0.251 e. The molecule has 122 valence electrons. The molecule has 2 amide bonds. The molecule has 0 saturated heterocycles. The number of hydrogen-bond acceptors (Lipinski definition) is 3. The van der Waals surface area contributed by atoms with Crippen molar-refractivity contribution in [2.24, 2.45) is 5.73 Å². The van der Waals surface area contributed by atoms with E-state index in [-0.39, 0.29) is 36.8 Å². The highest BCUT2D eigenvalue weighted by molar-refractivity contribution is 5.94. The van der Waals surface area contributed by atoms with Crippen LogP contribution in [0.5, 0.6) is 0 Å². The Morgan fingerprint density at radius 3 is 2.09 bits per heavy atom. The Morgan fingerprint density at radius 1 is 0.957 bits per heavy atom. The molecule has 0 saturated carbocycles. The van der Waals surface area contributed by atoms with Crippen molar-refractivity contribution < 1.29 is 9.59 Å². The summed E-state index contributed by atoms with van der Waals surface area (Å²) in [5.41, 5.74) is 6.84. The van der Waals surface area contributed by atoms with Crippen LogP contribution in [0.2, 0.25) is 0 Å². The van der Waals surface area contributed by atoms with Gasteiger partial charge in [0, 0.05) is 12.1 Å². The highest BCUT2D eigenvalue weighted by atomic mass is 35.5. The van der Waals surface area contributed by atoms with Crippen LogP contribution in [0.15, 0.2) is 60.7 Å². The SMILES string of the molecule is Cl.NCC(=O)NC(CNC(=O)c1ccccc1)c1ccccc1. The Bertz CT molecular complexity index is 620. The summed E-state index contributed by atoms with van der Waals surface area (Å²) in [4.78, 5) is 23.6. The molecule has 23 heavy (non-hydrogen) atoms. The molecule has 0 bridgehead atoms. The molecule has 6 heteroatoms. The molecule has 0 spiro atoms. The summed E-state index contributed by atoms with van der Waals surface area (Å²) in [6.45, 7) is 0.208. The molecular weight excluding hydrogens is 314 g/mol. The number of benzene rings is 2. The summed E-state index contributed by atoms with van der Waals surface area (Å²) in [6, 6.07) is 18.1. The third kappa shape index (κ3) is 5.73. The van der Waals surface area contributed by atoms with E-state index in [1.54, 1.807) is 24.3 Å². The second-order valence-corrected chi connectivity index (χ2v) is 4.81. The molecule has 1 unspecified atom stereocenters. The van der Waals surface area contributed by atoms with E-state index >= 15 is 0 Å². The lowest BCUT2D eigenvalue weighted by Crippen LogP contribution is -2.40. The van der Waals surface area contributed by atoms with Crippen LogP contribution >= 0.6 is 12.4 Å². The summed E-state index contributed by atoms with van der Waals surface area (Å²) >= 11 is 0. The largest absolute Gasteiger partial charge is 0.350 e. The van der Waals surface area contributed by atoms with Crippen molar-refractivity contribution in [3.8, 4) is 0 Å². The third-order valence-corrected chi connectivity index (χ3v) is 3.23. The van der Waals surface area contributed by atoms with Gasteiger partial charge in [-0.2, -0.15) is 0 Å². The van der Waals surface area contributed by atoms with Gasteiger partial charge in [0.1, 0.15) is 0 Å². The van der Waals surface area contributed by atoms with E-state index < -0.39 is 0 Å². The van der Waals surface area contributed by atoms with Crippen molar-refractivity contribution in [1.82, 2.24) is 10.6 Å². The fourth-order valence-corrected chi connectivity index (χ4v) is 2.08. The highest BCUT2D eigenvalue weighted by Gasteiger charge is 2.15. The average Bonchev–Trinajstić information content (AvgIpc) is 2.59. The van der Waals surface area contributed by atoms with Gasteiger partial charge in [0.2, 0.25) is 5.91 Å². The van der Waals surface area contributed by atoms with Crippen molar-refractivity contribution in [2.45, 2.75) is 6.04 Å². The second kappa shape index (κ2) is 9.61. The van der Waals surface area contributed by atoms with Crippen LogP contribution < -0.4 is 16.4 Å². The normalized spacial score (nSPS) is 11.0. The molecular formula is C17H20ClN3O2. The van der Waals surface area contributed by atoms with Crippen molar-refractivity contribution in [2.75, 3.05) is 13.1 Å². The molecule has 5 nitrogen and oxygen atoms in total. The Labute approximate surface area is 141 Å². The molecule has 2 rings (SSSR count). The van der Waals surface area contributed by atoms with Crippen molar-refractivity contribution >= 4 is 24.2 Å². The lowest BCUT2D eigenvalue weighted by Gasteiger charge is -2.19. The van der Waals surface area contributed by atoms with Crippen LogP contribution in [0.25, 0.3) is 0 Å². The molecule has 0 heterocycles. The Morgan fingerprint density at radius 2 is 1.52 bits per heavy atom. The number of hydrogen-bond donors (Lipinski definition) is 3. The maximum absolute atomic E-state index is 12.1. The number of carbonyl (C=O) groups excluding carboxylic acids is 2. The van der Waals surface area contributed by atoms with E-state index in [0.29, 0.717) is 12.1 Å². The summed E-state index contributed by atoms with van der Waals surface area (Å²) < 4.78 is 0. The van der Waals surface area contributed by atoms with Gasteiger partial charge in [-0.3, -0.25) is 9.59 Å². The first-order valence-corrected chi connectivity index (χ1v) is 7.08. The summed E-state index contributed by atoms with van der Waals surface area (Å²) in [5, 5.41) is 5.64. The quantitative estimate of drug-likeness (QED) is 0.751.